The van der Waals surface area contributed by atoms with E-state index in [0.29, 0.717) is 11.3 Å². The van der Waals surface area contributed by atoms with Crippen LogP contribution in [0.4, 0.5) is 0 Å². The Hall–Kier alpha value is -1.80. The molecule has 1 aliphatic carbocycles. The van der Waals surface area contributed by atoms with Crippen molar-refractivity contribution in [3.05, 3.63) is 23.8 Å². The highest BCUT2D eigenvalue weighted by Crippen LogP contribution is 2.52. The molecule has 2 rings (SSSR count). The molecule has 78 valence electrons. The molecule has 0 atom stereocenters. The monoisotopic (exact) mass is 205 g/mol. The van der Waals surface area contributed by atoms with Gasteiger partial charge in [-0.25, -0.2) is 4.79 Å². The van der Waals surface area contributed by atoms with E-state index < -0.39 is 5.54 Å². The summed E-state index contributed by atoms with van der Waals surface area (Å²) in [6.07, 6.45) is 3.12. The third-order valence-electron chi connectivity index (χ3n) is 2.69. The molecule has 0 heterocycles. The maximum atomic E-state index is 10.3. The second-order valence-electron chi connectivity index (χ2n) is 3.62. The lowest BCUT2D eigenvalue weighted by Gasteiger charge is -2.11. The molecule has 1 aromatic carbocycles. The van der Waals surface area contributed by atoms with Gasteiger partial charge in [-0.15, -0.1) is 0 Å². The highest BCUT2D eigenvalue weighted by molar-refractivity contribution is 5.49. The van der Waals surface area contributed by atoms with Gasteiger partial charge in [-0.3, -0.25) is 0 Å². The molecular formula is C11H11NO3. The van der Waals surface area contributed by atoms with Crippen molar-refractivity contribution in [2.75, 3.05) is 7.11 Å². The Morgan fingerprint density at radius 1 is 1.53 bits per heavy atom. The summed E-state index contributed by atoms with van der Waals surface area (Å²) >= 11 is 0. The molecule has 1 aromatic rings. The van der Waals surface area contributed by atoms with Gasteiger partial charge in [-0.05, 0) is 25.0 Å². The molecule has 1 aliphatic rings. The van der Waals surface area contributed by atoms with Crippen molar-refractivity contribution in [1.82, 2.24) is 0 Å². The SMILES string of the molecule is COc1ccc(C2(N=C=O)CC2)c(O)c1. The van der Waals surface area contributed by atoms with Crippen molar-refractivity contribution in [3.8, 4) is 11.5 Å². The summed E-state index contributed by atoms with van der Waals surface area (Å²) in [5.41, 5.74) is 0.143. The van der Waals surface area contributed by atoms with Gasteiger partial charge in [0.25, 0.3) is 0 Å². The van der Waals surface area contributed by atoms with Crippen LogP contribution in [0, 0.1) is 0 Å². The highest BCUT2D eigenvalue weighted by Gasteiger charge is 2.46. The summed E-state index contributed by atoms with van der Waals surface area (Å²) in [4.78, 5) is 14.0. The summed E-state index contributed by atoms with van der Waals surface area (Å²) in [6.45, 7) is 0. The van der Waals surface area contributed by atoms with Crippen LogP contribution in [0.5, 0.6) is 11.5 Å². The number of rotatable bonds is 3. The maximum Gasteiger partial charge on any atom is 0.235 e. The van der Waals surface area contributed by atoms with Gasteiger partial charge in [0.05, 0.1) is 7.11 Å². The number of isocyanates is 1. The number of aromatic hydroxyl groups is 1. The van der Waals surface area contributed by atoms with E-state index in [1.54, 1.807) is 18.2 Å². The van der Waals surface area contributed by atoms with E-state index in [9.17, 15) is 9.90 Å². The van der Waals surface area contributed by atoms with Gasteiger partial charge in [0.2, 0.25) is 6.08 Å². The number of phenols is 1. The molecule has 0 saturated heterocycles. The molecule has 0 aromatic heterocycles. The number of ether oxygens (including phenoxy) is 1. The molecule has 0 spiro atoms. The Morgan fingerprint density at radius 3 is 2.73 bits per heavy atom. The van der Waals surface area contributed by atoms with E-state index in [2.05, 4.69) is 4.99 Å². The van der Waals surface area contributed by atoms with Crippen molar-refractivity contribution in [2.45, 2.75) is 18.4 Å². The zero-order chi connectivity index (χ0) is 10.9. The number of phenolic OH excluding ortho intramolecular Hbond substituents is 1. The number of nitrogens with zero attached hydrogens (tertiary/aromatic N) is 1. The van der Waals surface area contributed by atoms with Crippen molar-refractivity contribution in [1.29, 1.82) is 0 Å². The van der Waals surface area contributed by atoms with E-state index >= 15 is 0 Å². The first-order valence-electron chi connectivity index (χ1n) is 4.68. The van der Waals surface area contributed by atoms with Gasteiger partial charge in [-0.2, -0.15) is 4.99 Å². The van der Waals surface area contributed by atoms with Gasteiger partial charge in [0, 0.05) is 11.6 Å². The molecular weight excluding hydrogens is 194 g/mol. The van der Waals surface area contributed by atoms with Crippen LogP contribution in [0.15, 0.2) is 23.2 Å². The highest BCUT2D eigenvalue weighted by atomic mass is 16.5. The third-order valence-corrected chi connectivity index (χ3v) is 2.69. The molecule has 1 saturated carbocycles. The summed E-state index contributed by atoms with van der Waals surface area (Å²) in [6, 6.07) is 5.01. The van der Waals surface area contributed by atoms with Crippen LogP contribution in [0.25, 0.3) is 0 Å². The third kappa shape index (κ3) is 1.60. The first kappa shape index (κ1) is 9.74. The fourth-order valence-electron chi connectivity index (χ4n) is 1.68. The van der Waals surface area contributed by atoms with E-state index in [-0.39, 0.29) is 5.75 Å². The molecule has 1 fully saturated rings. The summed E-state index contributed by atoms with van der Waals surface area (Å²) in [5, 5.41) is 9.75. The number of aliphatic imine (C=N–C) groups is 1. The number of methoxy groups -OCH3 is 1. The van der Waals surface area contributed by atoms with Gasteiger partial charge in [-0.1, -0.05) is 0 Å². The van der Waals surface area contributed by atoms with Gasteiger partial charge in [0.1, 0.15) is 17.0 Å². The summed E-state index contributed by atoms with van der Waals surface area (Å²) in [5.74, 6) is 0.702. The molecule has 0 amide bonds. The summed E-state index contributed by atoms with van der Waals surface area (Å²) < 4.78 is 4.98. The maximum absolute atomic E-state index is 10.3. The van der Waals surface area contributed by atoms with Crippen LogP contribution in [0.3, 0.4) is 0 Å². The predicted molar refractivity (Wildman–Crippen MR) is 53.7 cm³/mol. The second kappa shape index (κ2) is 3.41. The molecule has 4 heteroatoms. The van der Waals surface area contributed by atoms with E-state index in [0.717, 1.165) is 12.8 Å². The molecule has 0 aliphatic heterocycles. The molecule has 4 nitrogen and oxygen atoms in total. The minimum atomic E-state index is -0.530. The Labute approximate surface area is 87.2 Å². The van der Waals surface area contributed by atoms with Crippen LogP contribution < -0.4 is 4.74 Å². The Kier molecular flexibility index (Phi) is 2.21. The van der Waals surface area contributed by atoms with E-state index in [1.165, 1.54) is 13.2 Å². The average molecular weight is 205 g/mol. The Balaban J connectivity index is 2.41. The van der Waals surface area contributed by atoms with Gasteiger partial charge < -0.3 is 9.84 Å². The first-order chi connectivity index (χ1) is 7.22. The van der Waals surface area contributed by atoms with E-state index in [4.69, 9.17) is 4.74 Å². The lowest BCUT2D eigenvalue weighted by molar-refractivity contribution is 0.405. The van der Waals surface area contributed by atoms with Crippen LogP contribution in [-0.4, -0.2) is 18.3 Å². The quantitative estimate of drug-likeness (QED) is 0.603. The minimum Gasteiger partial charge on any atom is -0.507 e. The fraction of sp³-hybridized carbons (Fsp3) is 0.364. The van der Waals surface area contributed by atoms with Crippen molar-refractivity contribution >= 4 is 6.08 Å². The Morgan fingerprint density at radius 2 is 2.27 bits per heavy atom. The van der Waals surface area contributed by atoms with Crippen LogP contribution in [0.1, 0.15) is 18.4 Å². The van der Waals surface area contributed by atoms with Crippen molar-refractivity contribution in [3.63, 3.8) is 0 Å². The first-order valence-corrected chi connectivity index (χ1v) is 4.68. The lowest BCUT2D eigenvalue weighted by Crippen LogP contribution is -2.02. The predicted octanol–water partition coefficient (Wildman–Crippen LogP) is 1.73. The molecule has 0 radical (unpaired) electrons. The standard InChI is InChI=1S/C11H11NO3/c1-15-8-2-3-9(10(14)6-8)11(4-5-11)12-7-13/h2-3,6,14H,4-5H2,1H3. The van der Waals surface area contributed by atoms with Gasteiger partial charge >= 0.3 is 0 Å². The van der Waals surface area contributed by atoms with Gasteiger partial charge in [0.15, 0.2) is 0 Å². The average Bonchev–Trinajstić information content (AvgIpc) is 2.99. The molecule has 0 bridgehead atoms. The van der Waals surface area contributed by atoms with Crippen LogP contribution in [0.2, 0.25) is 0 Å². The normalized spacial score (nSPS) is 16.6. The molecule has 1 N–H and O–H groups in total. The molecule has 0 unspecified atom stereocenters. The van der Waals surface area contributed by atoms with Crippen LogP contribution in [-0.2, 0) is 10.3 Å². The minimum absolute atomic E-state index is 0.117. The zero-order valence-electron chi connectivity index (χ0n) is 8.36. The number of hydrogen-bond acceptors (Lipinski definition) is 4. The Bertz CT molecular complexity index is 431. The number of benzene rings is 1. The number of carbonyl (C=O) groups excluding carboxylic acids is 1. The lowest BCUT2D eigenvalue weighted by atomic mass is 10.0. The van der Waals surface area contributed by atoms with Crippen LogP contribution >= 0.6 is 0 Å². The van der Waals surface area contributed by atoms with Crippen molar-refractivity contribution < 1.29 is 14.6 Å². The smallest absolute Gasteiger partial charge is 0.235 e. The van der Waals surface area contributed by atoms with Crippen molar-refractivity contribution in [2.24, 2.45) is 4.99 Å². The molecule has 15 heavy (non-hydrogen) atoms. The number of hydrogen-bond donors (Lipinski definition) is 1. The summed E-state index contributed by atoms with van der Waals surface area (Å²) in [7, 11) is 1.53. The second-order valence-corrected chi connectivity index (χ2v) is 3.62. The zero-order valence-corrected chi connectivity index (χ0v) is 8.36. The van der Waals surface area contributed by atoms with E-state index in [1.807, 2.05) is 0 Å². The largest absolute Gasteiger partial charge is 0.507 e. The topological polar surface area (TPSA) is 58.9 Å². The fourth-order valence-corrected chi connectivity index (χ4v) is 1.68.